The molecule has 0 radical (unpaired) electrons. The number of anilines is 2. The van der Waals surface area contributed by atoms with Gasteiger partial charge < -0.3 is 14.8 Å². The molecular weight excluding hydrogens is 649 g/mol. The van der Waals surface area contributed by atoms with Gasteiger partial charge in [-0.3, -0.25) is 14.8 Å². The van der Waals surface area contributed by atoms with Gasteiger partial charge in [0.25, 0.3) is 0 Å². The van der Waals surface area contributed by atoms with Gasteiger partial charge in [-0.1, -0.05) is 31.2 Å². The fraction of sp³-hybridized carbons (Fsp3) is 0.357. The zero-order chi connectivity index (χ0) is 36.1. The highest BCUT2D eigenvalue weighted by Crippen LogP contribution is 2.38. The van der Waals surface area contributed by atoms with Crippen LogP contribution in [0, 0.1) is 38.0 Å². The third kappa shape index (κ3) is 6.63. The number of rotatable bonds is 8. The average molecular weight is 693 g/mol. The highest BCUT2D eigenvalue weighted by Gasteiger charge is 2.31. The van der Waals surface area contributed by atoms with Crippen LogP contribution in [0.5, 0.6) is 0 Å². The number of hydrogen-bond donors (Lipinski definition) is 2. The second-order valence-electron chi connectivity index (χ2n) is 15.1. The van der Waals surface area contributed by atoms with Crippen molar-refractivity contribution in [1.82, 2.24) is 29.7 Å². The molecule has 0 unspecified atom stereocenters. The Bertz CT molecular complexity index is 2370. The van der Waals surface area contributed by atoms with Crippen LogP contribution < -0.4 is 5.32 Å². The fourth-order valence-corrected chi connectivity index (χ4v) is 7.94. The van der Waals surface area contributed by atoms with Crippen molar-refractivity contribution in [2.24, 2.45) is 5.92 Å². The molecule has 0 spiro atoms. The Hall–Kier alpha value is -5.21. The molecule has 2 aliphatic rings. The van der Waals surface area contributed by atoms with Gasteiger partial charge in [-0.05, 0) is 117 Å². The zero-order valence-corrected chi connectivity index (χ0v) is 30.5. The highest BCUT2D eigenvalue weighted by molar-refractivity contribution is 5.89. The molecule has 264 valence electrons. The first-order valence-corrected chi connectivity index (χ1v) is 18.1. The lowest BCUT2D eigenvalue weighted by molar-refractivity contribution is 0.0679. The number of benzene rings is 3. The lowest BCUT2D eigenvalue weighted by atomic mass is 9.93. The molecule has 2 aliphatic heterocycles. The predicted octanol–water partition coefficient (Wildman–Crippen LogP) is 7.84. The summed E-state index contributed by atoms with van der Waals surface area (Å²) in [6.45, 7) is 15.5. The maximum absolute atomic E-state index is 10.4. The smallest absolute Gasteiger partial charge is 0.227 e. The van der Waals surface area contributed by atoms with Crippen LogP contribution >= 0.6 is 0 Å². The third-order valence-electron chi connectivity index (χ3n) is 10.7. The van der Waals surface area contributed by atoms with E-state index < -0.39 is 5.60 Å². The second kappa shape index (κ2) is 13.4. The summed E-state index contributed by atoms with van der Waals surface area (Å²) in [6, 6.07) is 20.8. The molecule has 0 amide bonds. The molecule has 2 N–H and O–H groups in total. The van der Waals surface area contributed by atoms with Crippen molar-refractivity contribution in [3.8, 4) is 28.7 Å². The monoisotopic (exact) mass is 692 g/mol. The van der Waals surface area contributed by atoms with Crippen molar-refractivity contribution < 1.29 is 9.52 Å². The topological polar surface area (TPSA) is 127 Å². The van der Waals surface area contributed by atoms with Crippen LogP contribution in [-0.4, -0.2) is 66.6 Å². The number of hydrogen-bond acceptors (Lipinski definition) is 10. The first kappa shape index (κ1) is 33.9. The molecule has 10 heteroatoms. The Kier molecular flexibility index (Phi) is 8.74. The first-order chi connectivity index (χ1) is 25.0. The van der Waals surface area contributed by atoms with E-state index in [9.17, 15) is 10.4 Å². The Morgan fingerprint density at radius 1 is 0.923 bits per heavy atom. The van der Waals surface area contributed by atoms with Crippen LogP contribution in [0.1, 0.15) is 60.3 Å². The quantitative estimate of drug-likeness (QED) is 0.163. The number of aromatic nitrogens is 4. The lowest BCUT2D eigenvalue weighted by Crippen LogP contribution is -2.29. The molecule has 0 bridgehead atoms. The first-order valence-electron chi connectivity index (χ1n) is 18.1. The van der Waals surface area contributed by atoms with Crippen molar-refractivity contribution in [3.05, 3.63) is 94.4 Å². The normalized spacial score (nSPS) is 19.5. The molecule has 0 saturated carbocycles. The van der Waals surface area contributed by atoms with E-state index >= 15 is 0 Å². The second-order valence-corrected chi connectivity index (χ2v) is 15.1. The molecule has 2 saturated heterocycles. The molecule has 52 heavy (non-hydrogen) atoms. The number of likely N-dealkylation sites (tertiary alicyclic amines) is 2. The summed E-state index contributed by atoms with van der Waals surface area (Å²) in [5.74, 6) is 2.52. The van der Waals surface area contributed by atoms with Crippen LogP contribution in [0.25, 0.3) is 44.7 Å². The number of nitrogens with one attached hydrogen (secondary N) is 1. The van der Waals surface area contributed by atoms with Crippen molar-refractivity contribution in [2.75, 3.05) is 31.5 Å². The zero-order valence-electron chi connectivity index (χ0n) is 30.5. The molecule has 6 aromatic rings. The molecular formula is C42H44N8O2. The van der Waals surface area contributed by atoms with Gasteiger partial charge in [0.1, 0.15) is 22.9 Å². The Morgan fingerprint density at radius 2 is 1.67 bits per heavy atom. The molecule has 5 heterocycles. The maximum Gasteiger partial charge on any atom is 0.227 e. The van der Waals surface area contributed by atoms with Gasteiger partial charge in [0, 0.05) is 50.2 Å². The van der Waals surface area contributed by atoms with E-state index in [0.29, 0.717) is 58.7 Å². The Balaban J connectivity index is 1.09. The number of oxazole rings is 1. The Labute approximate surface area is 304 Å². The number of pyridine rings is 1. The van der Waals surface area contributed by atoms with Gasteiger partial charge in [-0.25, -0.2) is 15.0 Å². The van der Waals surface area contributed by atoms with E-state index in [1.807, 2.05) is 44.3 Å². The highest BCUT2D eigenvalue weighted by atomic mass is 16.3. The van der Waals surface area contributed by atoms with Crippen LogP contribution in [0.4, 0.5) is 11.5 Å². The molecule has 8 rings (SSSR count). The van der Waals surface area contributed by atoms with Crippen LogP contribution in [-0.2, 0) is 13.1 Å². The van der Waals surface area contributed by atoms with Crippen LogP contribution in [0.15, 0.2) is 65.2 Å². The number of nitriles is 1. The Morgan fingerprint density at radius 3 is 2.42 bits per heavy atom. The number of β-amino-alcohol motifs (C(OH)–C–C–N with tert-alkyl or cyclic N) is 1. The van der Waals surface area contributed by atoms with E-state index in [2.05, 4.69) is 72.3 Å². The van der Waals surface area contributed by atoms with Crippen molar-refractivity contribution in [2.45, 2.75) is 66.2 Å². The molecule has 2 fully saturated rings. The minimum absolute atomic E-state index is 0.508. The minimum Gasteiger partial charge on any atom is -0.435 e. The number of fused-ring (bicyclic) bond motifs is 2. The summed E-state index contributed by atoms with van der Waals surface area (Å²) in [4.78, 5) is 23.9. The largest absolute Gasteiger partial charge is 0.435 e. The predicted molar refractivity (Wildman–Crippen MR) is 204 cm³/mol. The average Bonchev–Trinajstić information content (AvgIpc) is 3.82. The molecule has 3 aromatic heterocycles. The van der Waals surface area contributed by atoms with E-state index in [0.717, 1.165) is 82.7 Å². The van der Waals surface area contributed by atoms with E-state index in [1.54, 1.807) is 0 Å². The summed E-state index contributed by atoms with van der Waals surface area (Å²) in [6.07, 6.45) is 3.86. The standard InChI is InChI=1S/C42H44N8O2/c1-25-12-14-49(21-25)22-29-16-31(19-43)39-37(17-29)48-41(52-39)34-10-6-8-32(26(34)2)33-9-7-11-35(27(33)3)47-40-38-36(45-28(4)46-40)18-30(20-44-38)23-50-15-13-42(5,51)24-50/h6-11,16-18,20,25,51H,12-15,21-24H2,1-5H3,(H,45,46,47)/t25-,42+/m1/s1. The number of aliphatic hydroxyl groups is 1. The summed E-state index contributed by atoms with van der Waals surface area (Å²) in [5, 5.41) is 24.0. The minimum atomic E-state index is -0.644. The SMILES string of the molecule is Cc1nc(Nc2cccc(-c3cccc(-c4nc5cc(CN6CC[C@@H](C)C6)cc(C#N)c5o4)c3C)c2C)c2ncc(CN3CC[C@](C)(O)C3)cc2n1. The summed E-state index contributed by atoms with van der Waals surface area (Å²) < 4.78 is 6.33. The van der Waals surface area contributed by atoms with Crippen molar-refractivity contribution in [1.29, 1.82) is 5.26 Å². The molecule has 2 atom stereocenters. The maximum atomic E-state index is 10.4. The molecule has 3 aromatic carbocycles. The van der Waals surface area contributed by atoms with E-state index in [4.69, 9.17) is 24.4 Å². The molecule has 10 nitrogen and oxygen atoms in total. The van der Waals surface area contributed by atoms with Crippen molar-refractivity contribution >= 4 is 33.6 Å². The van der Waals surface area contributed by atoms with E-state index in [1.165, 1.54) is 6.42 Å². The lowest BCUT2D eigenvalue weighted by Gasteiger charge is -2.19. The van der Waals surface area contributed by atoms with Crippen molar-refractivity contribution in [3.63, 3.8) is 0 Å². The van der Waals surface area contributed by atoms with Gasteiger partial charge in [0.2, 0.25) is 5.89 Å². The van der Waals surface area contributed by atoms with Gasteiger partial charge in [-0.2, -0.15) is 5.26 Å². The van der Waals surface area contributed by atoms with Crippen LogP contribution in [0.3, 0.4) is 0 Å². The summed E-state index contributed by atoms with van der Waals surface area (Å²) in [7, 11) is 0. The molecule has 0 aliphatic carbocycles. The van der Waals surface area contributed by atoms with Gasteiger partial charge >= 0.3 is 0 Å². The van der Waals surface area contributed by atoms with Crippen LogP contribution in [0.2, 0.25) is 0 Å². The number of nitrogens with zero attached hydrogens (tertiary/aromatic N) is 7. The van der Waals surface area contributed by atoms with Gasteiger partial charge in [-0.15, -0.1) is 0 Å². The van der Waals surface area contributed by atoms with E-state index in [-0.39, 0.29) is 0 Å². The fourth-order valence-electron chi connectivity index (χ4n) is 7.94. The van der Waals surface area contributed by atoms with Gasteiger partial charge in [0.05, 0.1) is 16.7 Å². The summed E-state index contributed by atoms with van der Waals surface area (Å²) >= 11 is 0. The number of aryl methyl sites for hydroxylation is 1. The summed E-state index contributed by atoms with van der Waals surface area (Å²) in [5.41, 5.74) is 10.8. The van der Waals surface area contributed by atoms with Gasteiger partial charge in [0.15, 0.2) is 11.4 Å². The third-order valence-corrected chi connectivity index (χ3v) is 10.7.